The van der Waals surface area contributed by atoms with Gasteiger partial charge in [-0.2, -0.15) is 0 Å². The fraction of sp³-hybridized carbons (Fsp3) is 0.871. The highest BCUT2D eigenvalue weighted by molar-refractivity contribution is 5.71. The molecule has 6 heteroatoms. The summed E-state index contributed by atoms with van der Waals surface area (Å²) in [4.78, 5) is 38.0. The van der Waals surface area contributed by atoms with Gasteiger partial charge < -0.3 is 14.2 Å². The molecule has 1 atom stereocenters. The molecule has 1 unspecified atom stereocenters. The highest BCUT2D eigenvalue weighted by atomic mass is 16.6. The zero-order chi connectivity index (χ0) is 55.0. The summed E-state index contributed by atoms with van der Waals surface area (Å²) in [6.45, 7) is 6.62. The number of hydrogen-bond acceptors (Lipinski definition) is 6. The summed E-state index contributed by atoms with van der Waals surface area (Å²) in [6.07, 6.45) is 80.7. The van der Waals surface area contributed by atoms with Crippen LogP contribution in [0.2, 0.25) is 0 Å². The summed E-state index contributed by atoms with van der Waals surface area (Å²) in [5.41, 5.74) is 0. The van der Waals surface area contributed by atoms with E-state index in [9.17, 15) is 14.4 Å². The average molecular weight is 1070 g/mol. The Kier molecular flexibility index (Phi) is 63.1. The van der Waals surface area contributed by atoms with Crippen molar-refractivity contribution in [1.29, 1.82) is 0 Å². The Labute approximate surface area is 474 Å². The molecule has 0 aliphatic carbocycles. The number of ether oxygens (including phenoxy) is 3. The molecule has 0 rings (SSSR count). The van der Waals surface area contributed by atoms with Gasteiger partial charge in [-0.15, -0.1) is 0 Å². The van der Waals surface area contributed by atoms with Gasteiger partial charge in [0.25, 0.3) is 0 Å². The Morgan fingerprint density at radius 3 is 0.737 bits per heavy atom. The van der Waals surface area contributed by atoms with Crippen molar-refractivity contribution in [2.75, 3.05) is 13.2 Å². The van der Waals surface area contributed by atoms with Gasteiger partial charge in [0.05, 0.1) is 0 Å². The first kappa shape index (κ1) is 73.6. The van der Waals surface area contributed by atoms with Crippen molar-refractivity contribution in [3.05, 3.63) is 36.5 Å². The van der Waals surface area contributed by atoms with Gasteiger partial charge in [-0.25, -0.2) is 0 Å². The molecule has 0 heterocycles. The van der Waals surface area contributed by atoms with E-state index in [2.05, 4.69) is 57.2 Å². The number of carbonyl (C=O) groups excluding carboxylic acids is 3. The number of allylic oxidation sites excluding steroid dienone is 6. The largest absolute Gasteiger partial charge is 0.462 e. The van der Waals surface area contributed by atoms with Crippen LogP contribution in [0.5, 0.6) is 0 Å². The van der Waals surface area contributed by atoms with Gasteiger partial charge in [0.15, 0.2) is 6.10 Å². The van der Waals surface area contributed by atoms with E-state index in [4.69, 9.17) is 14.2 Å². The average Bonchev–Trinajstić information content (AvgIpc) is 3.42. The third-order valence-electron chi connectivity index (χ3n) is 15.4. The van der Waals surface area contributed by atoms with Crippen molar-refractivity contribution in [2.45, 2.75) is 380 Å². The molecule has 0 fully saturated rings. The van der Waals surface area contributed by atoms with Crippen molar-refractivity contribution in [1.82, 2.24) is 0 Å². The van der Waals surface area contributed by atoms with Gasteiger partial charge in [-0.1, -0.05) is 333 Å². The summed E-state index contributed by atoms with van der Waals surface area (Å²) in [5.74, 6) is -0.875. The van der Waals surface area contributed by atoms with Crippen LogP contribution in [0.4, 0.5) is 0 Å². The topological polar surface area (TPSA) is 78.9 Å². The summed E-state index contributed by atoms with van der Waals surface area (Å²) in [5, 5.41) is 0. The van der Waals surface area contributed by atoms with Crippen LogP contribution in [0, 0.1) is 0 Å². The van der Waals surface area contributed by atoms with Gasteiger partial charge in [0.1, 0.15) is 13.2 Å². The monoisotopic (exact) mass is 1070 g/mol. The fourth-order valence-corrected chi connectivity index (χ4v) is 10.3. The van der Waals surface area contributed by atoms with Crippen molar-refractivity contribution in [3.8, 4) is 0 Å². The van der Waals surface area contributed by atoms with E-state index in [0.29, 0.717) is 19.3 Å². The minimum atomic E-state index is -0.774. The molecule has 0 aromatic carbocycles. The zero-order valence-electron chi connectivity index (χ0n) is 51.3. The van der Waals surface area contributed by atoms with Crippen LogP contribution in [0.25, 0.3) is 0 Å². The third-order valence-corrected chi connectivity index (χ3v) is 15.4. The minimum Gasteiger partial charge on any atom is -0.462 e. The SMILES string of the molecule is CCCCCCC/C=C\C/C=C\C/C=C\CCCCCCCCC(=O)OC(COC(=O)CCCCCCCC)COC(=O)CCCCCCCCCCCCCCCCCCCCCCCCCCCCCCCCC. The van der Waals surface area contributed by atoms with Gasteiger partial charge >= 0.3 is 17.9 Å². The molecule has 0 aliphatic rings. The summed E-state index contributed by atoms with van der Waals surface area (Å²) in [6, 6.07) is 0. The molecular weight excluding hydrogens is 937 g/mol. The molecule has 0 radical (unpaired) electrons. The molecule has 0 spiro atoms. The predicted octanol–water partition coefficient (Wildman–Crippen LogP) is 23.2. The van der Waals surface area contributed by atoms with Crippen LogP contribution >= 0.6 is 0 Å². The van der Waals surface area contributed by atoms with Gasteiger partial charge in [-0.3, -0.25) is 14.4 Å². The number of esters is 3. The highest BCUT2D eigenvalue weighted by Gasteiger charge is 2.19. The molecule has 76 heavy (non-hydrogen) atoms. The van der Waals surface area contributed by atoms with Crippen molar-refractivity contribution >= 4 is 17.9 Å². The Morgan fingerprint density at radius 1 is 0.263 bits per heavy atom. The Balaban J connectivity index is 3.98. The van der Waals surface area contributed by atoms with E-state index in [1.54, 1.807) is 0 Å². The van der Waals surface area contributed by atoms with Crippen LogP contribution in [0.15, 0.2) is 36.5 Å². The number of unbranched alkanes of at least 4 members (excludes halogenated alkanes) is 46. The second-order valence-electron chi connectivity index (χ2n) is 23.1. The first-order valence-corrected chi connectivity index (χ1v) is 34.0. The molecule has 0 aromatic heterocycles. The molecule has 0 aliphatic heterocycles. The van der Waals surface area contributed by atoms with Crippen LogP contribution in [-0.2, 0) is 28.6 Å². The van der Waals surface area contributed by atoms with E-state index >= 15 is 0 Å². The Hall–Kier alpha value is -2.37. The van der Waals surface area contributed by atoms with Crippen molar-refractivity contribution in [3.63, 3.8) is 0 Å². The van der Waals surface area contributed by atoms with Gasteiger partial charge in [0.2, 0.25) is 0 Å². The maximum Gasteiger partial charge on any atom is 0.306 e. The van der Waals surface area contributed by atoms with E-state index in [1.807, 2.05) is 0 Å². The third kappa shape index (κ3) is 62.5. The van der Waals surface area contributed by atoms with Crippen LogP contribution in [0.3, 0.4) is 0 Å². The molecular formula is C70H130O6. The van der Waals surface area contributed by atoms with E-state index < -0.39 is 6.10 Å². The molecule has 0 amide bonds. The smallest absolute Gasteiger partial charge is 0.306 e. The van der Waals surface area contributed by atoms with Crippen molar-refractivity contribution in [2.24, 2.45) is 0 Å². The van der Waals surface area contributed by atoms with E-state index in [1.165, 1.54) is 257 Å². The molecule has 0 bridgehead atoms. The molecule has 6 nitrogen and oxygen atoms in total. The first-order chi connectivity index (χ1) is 37.5. The lowest BCUT2D eigenvalue weighted by atomic mass is 10.0. The lowest BCUT2D eigenvalue weighted by Crippen LogP contribution is -2.30. The molecule has 446 valence electrons. The number of carbonyl (C=O) groups is 3. The summed E-state index contributed by atoms with van der Waals surface area (Å²) >= 11 is 0. The second-order valence-corrected chi connectivity index (χ2v) is 23.1. The van der Waals surface area contributed by atoms with Gasteiger partial charge in [-0.05, 0) is 57.8 Å². The Morgan fingerprint density at radius 2 is 0.474 bits per heavy atom. The standard InChI is InChI=1S/C70H130O6/c1-4-7-10-13-16-18-20-22-24-26-28-30-31-32-33-34-35-36-37-38-39-41-42-44-46-48-50-52-54-57-60-63-69(72)75-66-67(65-74-68(71)62-59-56-15-12-9-6-3)76-70(73)64-61-58-55-53-51-49-47-45-43-40-29-27-25-23-21-19-17-14-11-8-5-2/h21,23,27,29,43,45,67H,4-20,22,24-26,28,30-42,44,46-66H2,1-3H3/b23-21-,29-27-,45-43-. The minimum absolute atomic E-state index is 0.0735. The van der Waals surface area contributed by atoms with E-state index in [-0.39, 0.29) is 31.1 Å². The lowest BCUT2D eigenvalue weighted by Gasteiger charge is -2.18. The fourth-order valence-electron chi connectivity index (χ4n) is 10.3. The maximum atomic E-state index is 12.8. The van der Waals surface area contributed by atoms with Gasteiger partial charge in [0, 0.05) is 19.3 Å². The molecule has 0 N–H and O–H groups in total. The number of hydrogen-bond donors (Lipinski definition) is 0. The number of rotatable bonds is 63. The molecule has 0 aromatic rings. The second kappa shape index (κ2) is 65.2. The Bertz CT molecular complexity index is 1270. The lowest BCUT2D eigenvalue weighted by molar-refractivity contribution is -0.167. The van der Waals surface area contributed by atoms with E-state index in [0.717, 1.165) is 77.0 Å². The maximum absolute atomic E-state index is 12.8. The molecule has 0 saturated heterocycles. The summed E-state index contributed by atoms with van der Waals surface area (Å²) in [7, 11) is 0. The quantitative estimate of drug-likeness (QED) is 0.0261. The van der Waals surface area contributed by atoms with Crippen molar-refractivity contribution < 1.29 is 28.6 Å². The van der Waals surface area contributed by atoms with Crippen LogP contribution < -0.4 is 0 Å². The predicted molar refractivity (Wildman–Crippen MR) is 330 cm³/mol. The van der Waals surface area contributed by atoms with Crippen LogP contribution in [-0.4, -0.2) is 37.2 Å². The summed E-state index contributed by atoms with van der Waals surface area (Å²) < 4.78 is 16.8. The zero-order valence-corrected chi connectivity index (χ0v) is 51.3. The highest BCUT2D eigenvalue weighted by Crippen LogP contribution is 2.18. The normalized spacial score (nSPS) is 12.2. The van der Waals surface area contributed by atoms with Crippen LogP contribution in [0.1, 0.15) is 374 Å². The molecule has 0 saturated carbocycles. The first-order valence-electron chi connectivity index (χ1n) is 34.0.